The van der Waals surface area contributed by atoms with E-state index in [4.69, 9.17) is 4.74 Å². The maximum Gasteiger partial charge on any atom is 0.315 e. The van der Waals surface area contributed by atoms with Gasteiger partial charge in [-0.25, -0.2) is 0 Å². The van der Waals surface area contributed by atoms with Gasteiger partial charge in [0.15, 0.2) is 0 Å². The summed E-state index contributed by atoms with van der Waals surface area (Å²) >= 11 is 1.71. The minimum absolute atomic E-state index is 0.152. The van der Waals surface area contributed by atoms with E-state index in [2.05, 4.69) is 0 Å². The van der Waals surface area contributed by atoms with Crippen molar-refractivity contribution in [2.45, 2.75) is 6.42 Å². The average Bonchev–Trinajstić information content (AvgIpc) is 2.87. The van der Waals surface area contributed by atoms with Gasteiger partial charge in [0.05, 0.1) is 6.42 Å². The Morgan fingerprint density at radius 1 is 1.07 bits per heavy atom. The zero-order valence-electron chi connectivity index (χ0n) is 8.05. The third-order valence-electron chi connectivity index (χ3n) is 1.96. The van der Waals surface area contributed by atoms with Gasteiger partial charge < -0.3 is 4.74 Å². The fourth-order valence-corrected chi connectivity index (χ4v) is 1.74. The molecule has 0 N–H and O–H groups in total. The smallest absolute Gasteiger partial charge is 0.315 e. The number of carbonyl (C=O) groups excluding carboxylic acids is 1. The Morgan fingerprint density at radius 2 is 1.80 bits per heavy atom. The number of para-hydroxylation sites is 1. The zero-order chi connectivity index (χ0) is 10.5. The molecule has 0 radical (unpaired) electrons. The molecule has 3 rings (SSSR count). The minimum atomic E-state index is -0.152. The largest absolute Gasteiger partial charge is 0.426 e. The van der Waals surface area contributed by atoms with E-state index in [1.54, 1.807) is 17.4 Å². The van der Waals surface area contributed by atoms with Crippen LogP contribution in [0.2, 0.25) is 0 Å². The van der Waals surface area contributed by atoms with Crippen molar-refractivity contribution >= 4 is 17.3 Å². The van der Waals surface area contributed by atoms with Gasteiger partial charge >= 0.3 is 5.97 Å². The van der Waals surface area contributed by atoms with E-state index >= 15 is 0 Å². The SMILES string of the molecule is O=C1Cc2ccccc2O1.c1ccsc1. The van der Waals surface area contributed by atoms with Crippen LogP contribution >= 0.6 is 11.3 Å². The van der Waals surface area contributed by atoms with Crippen molar-refractivity contribution in [1.29, 1.82) is 0 Å². The average molecular weight is 218 g/mol. The minimum Gasteiger partial charge on any atom is -0.426 e. The highest BCUT2D eigenvalue weighted by molar-refractivity contribution is 7.07. The summed E-state index contributed by atoms with van der Waals surface area (Å²) in [5.41, 5.74) is 0.993. The molecule has 2 aromatic rings. The van der Waals surface area contributed by atoms with Gasteiger partial charge in [-0.15, -0.1) is 0 Å². The number of esters is 1. The quantitative estimate of drug-likeness (QED) is 0.502. The summed E-state index contributed by atoms with van der Waals surface area (Å²) in [7, 11) is 0. The number of fused-ring (bicyclic) bond motifs is 1. The summed E-state index contributed by atoms with van der Waals surface area (Å²) in [6, 6.07) is 11.5. The maximum absolute atomic E-state index is 10.7. The Morgan fingerprint density at radius 3 is 2.40 bits per heavy atom. The van der Waals surface area contributed by atoms with Gasteiger partial charge in [0, 0.05) is 5.56 Å². The molecule has 2 heterocycles. The topological polar surface area (TPSA) is 26.3 Å². The van der Waals surface area contributed by atoms with E-state index in [-0.39, 0.29) is 5.97 Å². The summed E-state index contributed by atoms with van der Waals surface area (Å²) in [6.07, 6.45) is 0.427. The first-order chi connectivity index (χ1) is 7.36. The molecule has 1 aliphatic rings. The first-order valence-corrected chi connectivity index (χ1v) is 5.56. The molecular weight excluding hydrogens is 208 g/mol. The lowest BCUT2D eigenvalue weighted by Crippen LogP contribution is -1.99. The Hall–Kier alpha value is -1.61. The Labute approximate surface area is 92.1 Å². The van der Waals surface area contributed by atoms with E-state index in [9.17, 15) is 4.79 Å². The first-order valence-electron chi connectivity index (χ1n) is 4.62. The van der Waals surface area contributed by atoms with Crippen LogP contribution in [0.25, 0.3) is 0 Å². The molecule has 76 valence electrons. The van der Waals surface area contributed by atoms with Crippen molar-refractivity contribution in [1.82, 2.24) is 0 Å². The number of hydrogen-bond donors (Lipinski definition) is 0. The molecule has 1 aromatic heterocycles. The molecule has 1 aromatic carbocycles. The molecule has 0 spiro atoms. The molecule has 2 nitrogen and oxygen atoms in total. The maximum atomic E-state index is 10.7. The Balaban J connectivity index is 0.000000144. The van der Waals surface area contributed by atoms with Gasteiger partial charge in [-0.05, 0) is 16.8 Å². The second kappa shape index (κ2) is 4.75. The van der Waals surface area contributed by atoms with Gasteiger partial charge in [-0.2, -0.15) is 11.3 Å². The summed E-state index contributed by atoms with van der Waals surface area (Å²) in [5, 5.41) is 4.08. The van der Waals surface area contributed by atoms with Crippen molar-refractivity contribution in [3.63, 3.8) is 0 Å². The van der Waals surface area contributed by atoms with Gasteiger partial charge in [-0.3, -0.25) is 4.79 Å². The van der Waals surface area contributed by atoms with Crippen molar-refractivity contribution in [2.24, 2.45) is 0 Å². The highest BCUT2D eigenvalue weighted by atomic mass is 32.1. The molecule has 15 heavy (non-hydrogen) atoms. The van der Waals surface area contributed by atoms with Crippen LogP contribution in [0.15, 0.2) is 47.2 Å². The predicted molar refractivity (Wildman–Crippen MR) is 60.1 cm³/mol. The van der Waals surface area contributed by atoms with Crippen molar-refractivity contribution < 1.29 is 9.53 Å². The molecule has 0 fully saturated rings. The number of hydrogen-bond acceptors (Lipinski definition) is 3. The monoisotopic (exact) mass is 218 g/mol. The van der Waals surface area contributed by atoms with Crippen LogP contribution in [0.5, 0.6) is 5.75 Å². The van der Waals surface area contributed by atoms with Crippen molar-refractivity contribution in [3.05, 3.63) is 52.7 Å². The van der Waals surface area contributed by atoms with Crippen LogP contribution in [0.1, 0.15) is 5.56 Å². The number of thiophene rings is 1. The van der Waals surface area contributed by atoms with Gasteiger partial charge in [0.25, 0.3) is 0 Å². The van der Waals surface area contributed by atoms with Gasteiger partial charge in [-0.1, -0.05) is 30.3 Å². The molecule has 0 bridgehead atoms. The lowest BCUT2D eigenvalue weighted by molar-refractivity contribution is -0.131. The zero-order valence-corrected chi connectivity index (χ0v) is 8.87. The van der Waals surface area contributed by atoms with Crippen LogP contribution in [0.3, 0.4) is 0 Å². The molecule has 0 saturated heterocycles. The normalized spacial score (nSPS) is 12.4. The summed E-state index contributed by atoms with van der Waals surface area (Å²) in [6.45, 7) is 0. The standard InChI is InChI=1S/C8H6O2.C4H4S/c9-8-5-6-3-1-2-4-7(6)10-8;1-2-4-5-3-1/h1-4H,5H2;1-4H. The van der Waals surface area contributed by atoms with E-state index in [0.29, 0.717) is 12.2 Å². The predicted octanol–water partition coefficient (Wildman–Crippen LogP) is 2.90. The van der Waals surface area contributed by atoms with E-state index < -0.39 is 0 Å². The van der Waals surface area contributed by atoms with Crippen LogP contribution in [0, 0.1) is 0 Å². The van der Waals surface area contributed by atoms with Crippen LogP contribution in [0.4, 0.5) is 0 Å². The van der Waals surface area contributed by atoms with Gasteiger partial charge in [0.1, 0.15) is 5.75 Å². The van der Waals surface area contributed by atoms with E-state index in [0.717, 1.165) is 5.56 Å². The summed E-state index contributed by atoms with van der Waals surface area (Å²) < 4.78 is 4.87. The fourth-order valence-electron chi connectivity index (χ4n) is 1.29. The molecule has 0 atom stereocenters. The second-order valence-electron chi connectivity index (χ2n) is 3.05. The second-order valence-corrected chi connectivity index (χ2v) is 3.87. The first kappa shape index (κ1) is 9.93. The highest BCUT2D eigenvalue weighted by Gasteiger charge is 2.18. The molecule has 0 amide bonds. The van der Waals surface area contributed by atoms with Gasteiger partial charge in [0.2, 0.25) is 0 Å². The lowest BCUT2D eigenvalue weighted by atomic mass is 10.2. The third kappa shape index (κ3) is 2.67. The Kier molecular flexibility index (Phi) is 3.15. The Bertz CT molecular complexity index is 390. The third-order valence-corrected chi connectivity index (χ3v) is 2.59. The molecule has 1 aliphatic heterocycles. The molecule has 0 aliphatic carbocycles. The number of benzene rings is 1. The number of rotatable bonds is 0. The molecule has 0 saturated carbocycles. The lowest BCUT2D eigenvalue weighted by Gasteiger charge is -1.91. The number of ether oxygens (including phenoxy) is 1. The summed E-state index contributed by atoms with van der Waals surface area (Å²) in [5.74, 6) is 0.564. The van der Waals surface area contributed by atoms with Crippen LogP contribution < -0.4 is 4.74 Å². The van der Waals surface area contributed by atoms with E-state index in [1.807, 2.05) is 41.1 Å². The molecule has 3 heteroatoms. The van der Waals surface area contributed by atoms with E-state index in [1.165, 1.54) is 0 Å². The molecule has 0 unspecified atom stereocenters. The van der Waals surface area contributed by atoms with Crippen LogP contribution in [-0.2, 0) is 11.2 Å². The van der Waals surface area contributed by atoms with Crippen LogP contribution in [-0.4, -0.2) is 5.97 Å². The van der Waals surface area contributed by atoms with Crippen molar-refractivity contribution in [3.8, 4) is 5.75 Å². The highest BCUT2D eigenvalue weighted by Crippen LogP contribution is 2.24. The summed E-state index contributed by atoms with van der Waals surface area (Å²) in [4.78, 5) is 10.7. The molecular formula is C12H10O2S. The number of carbonyl (C=O) groups is 1. The van der Waals surface area contributed by atoms with Crippen molar-refractivity contribution in [2.75, 3.05) is 0 Å². The fraction of sp³-hybridized carbons (Fsp3) is 0.0833.